The molecular weight excluding hydrogens is 408 g/mol. The van der Waals surface area contributed by atoms with Gasteiger partial charge >= 0.3 is 0 Å². The van der Waals surface area contributed by atoms with Crippen LogP contribution in [0.25, 0.3) is 22.4 Å². The summed E-state index contributed by atoms with van der Waals surface area (Å²) in [6.07, 6.45) is 1.63. The van der Waals surface area contributed by atoms with E-state index in [1.54, 1.807) is 0 Å². The van der Waals surface area contributed by atoms with E-state index in [4.69, 9.17) is 0 Å². The molecule has 0 aliphatic rings. The number of carbonyl (C=O) groups is 1. The third-order valence-corrected chi connectivity index (χ3v) is 6.07. The maximum Gasteiger partial charge on any atom is 0.230 e. The van der Waals surface area contributed by atoms with Gasteiger partial charge in [-0.1, -0.05) is 48.2 Å². The SMILES string of the molecule is CCn1c(SCC(=O)NCCCc2nc3ccccc3[nH]2)nnc1-c1ccccc1C. The minimum Gasteiger partial charge on any atom is -0.355 e. The number of H-pyrrole nitrogens is 1. The molecule has 8 heteroatoms. The van der Waals surface area contributed by atoms with Gasteiger partial charge in [0.25, 0.3) is 0 Å². The molecule has 2 aromatic heterocycles. The molecule has 1 amide bonds. The summed E-state index contributed by atoms with van der Waals surface area (Å²) in [5, 5.41) is 12.4. The van der Waals surface area contributed by atoms with Crippen molar-refractivity contribution in [3.05, 3.63) is 59.9 Å². The first-order valence-electron chi connectivity index (χ1n) is 10.5. The lowest BCUT2D eigenvalue weighted by atomic mass is 10.1. The van der Waals surface area contributed by atoms with E-state index in [0.717, 1.165) is 58.4 Å². The molecule has 2 N–H and O–H groups in total. The number of para-hydroxylation sites is 2. The zero-order chi connectivity index (χ0) is 21.6. The highest BCUT2D eigenvalue weighted by molar-refractivity contribution is 7.99. The Morgan fingerprint density at radius 3 is 2.74 bits per heavy atom. The van der Waals surface area contributed by atoms with Gasteiger partial charge in [0.2, 0.25) is 5.91 Å². The molecule has 2 aromatic carbocycles. The van der Waals surface area contributed by atoms with Crippen LogP contribution < -0.4 is 5.32 Å². The number of aryl methyl sites for hydroxylation is 2. The number of carbonyl (C=O) groups excluding carboxylic acids is 1. The lowest BCUT2D eigenvalue weighted by Crippen LogP contribution is -2.26. The molecule has 0 unspecified atom stereocenters. The van der Waals surface area contributed by atoms with E-state index in [1.807, 2.05) is 36.4 Å². The second-order valence-electron chi connectivity index (χ2n) is 7.31. The van der Waals surface area contributed by atoms with Crippen molar-refractivity contribution in [1.82, 2.24) is 30.0 Å². The number of rotatable bonds is 9. The summed E-state index contributed by atoms with van der Waals surface area (Å²) < 4.78 is 2.06. The van der Waals surface area contributed by atoms with Gasteiger partial charge in [-0.3, -0.25) is 4.79 Å². The number of aromatic nitrogens is 5. The van der Waals surface area contributed by atoms with Crippen LogP contribution in [0.2, 0.25) is 0 Å². The van der Waals surface area contributed by atoms with Crippen LogP contribution in [-0.4, -0.2) is 42.9 Å². The number of hydrogen-bond donors (Lipinski definition) is 2. The van der Waals surface area contributed by atoms with Gasteiger partial charge in [-0.2, -0.15) is 0 Å². The summed E-state index contributed by atoms with van der Waals surface area (Å²) in [5.41, 5.74) is 4.24. The molecule has 160 valence electrons. The predicted octanol–water partition coefficient (Wildman–Crippen LogP) is 3.99. The molecular formula is C23H26N6OS. The summed E-state index contributed by atoms with van der Waals surface area (Å²) in [6.45, 7) is 5.49. The normalized spacial score (nSPS) is 11.2. The molecule has 0 saturated heterocycles. The maximum absolute atomic E-state index is 12.3. The Morgan fingerprint density at radius 1 is 1.13 bits per heavy atom. The van der Waals surface area contributed by atoms with Crippen LogP contribution in [0.1, 0.15) is 24.7 Å². The van der Waals surface area contributed by atoms with Gasteiger partial charge in [-0.25, -0.2) is 4.98 Å². The minimum absolute atomic E-state index is 0.00213. The van der Waals surface area contributed by atoms with Crippen molar-refractivity contribution in [3.63, 3.8) is 0 Å². The Hall–Kier alpha value is -3.13. The Bertz CT molecular complexity index is 1150. The van der Waals surface area contributed by atoms with Crippen LogP contribution in [0, 0.1) is 6.92 Å². The number of aromatic amines is 1. The number of benzene rings is 2. The van der Waals surface area contributed by atoms with Gasteiger partial charge in [0.15, 0.2) is 11.0 Å². The number of amides is 1. The van der Waals surface area contributed by atoms with E-state index < -0.39 is 0 Å². The maximum atomic E-state index is 12.3. The summed E-state index contributed by atoms with van der Waals surface area (Å²) in [4.78, 5) is 20.2. The van der Waals surface area contributed by atoms with Crippen LogP contribution in [0.3, 0.4) is 0 Å². The van der Waals surface area contributed by atoms with Crippen molar-refractivity contribution in [2.24, 2.45) is 0 Å². The van der Waals surface area contributed by atoms with E-state index in [-0.39, 0.29) is 5.91 Å². The highest BCUT2D eigenvalue weighted by atomic mass is 32.2. The largest absolute Gasteiger partial charge is 0.355 e. The molecule has 0 aliphatic heterocycles. The lowest BCUT2D eigenvalue weighted by Gasteiger charge is -2.09. The van der Waals surface area contributed by atoms with Crippen molar-refractivity contribution in [3.8, 4) is 11.4 Å². The predicted molar refractivity (Wildman–Crippen MR) is 124 cm³/mol. The number of nitrogens with one attached hydrogen (secondary N) is 2. The summed E-state index contributed by atoms with van der Waals surface area (Å²) in [5.74, 6) is 2.10. The Morgan fingerprint density at radius 2 is 1.94 bits per heavy atom. The van der Waals surface area contributed by atoms with Gasteiger partial charge in [0.05, 0.1) is 16.8 Å². The number of fused-ring (bicyclic) bond motifs is 1. The zero-order valence-corrected chi connectivity index (χ0v) is 18.6. The molecule has 4 aromatic rings. The molecule has 0 saturated carbocycles. The van der Waals surface area contributed by atoms with Crippen molar-refractivity contribution >= 4 is 28.7 Å². The van der Waals surface area contributed by atoms with E-state index >= 15 is 0 Å². The van der Waals surface area contributed by atoms with E-state index in [9.17, 15) is 4.79 Å². The summed E-state index contributed by atoms with van der Waals surface area (Å²) in [6, 6.07) is 16.1. The monoisotopic (exact) mass is 434 g/mol. The molecule has 0 spiro atoms. The van der Waals surface area contributed by atoms with Gasteiger partial charge < -0.3 is 14.9 Å². The Labute approximate surface area is 185 Å². The molecule has 7 nitrogen and oxygen atoms in total. The van der Waals surface area contributed by atoms with Crippen LogP contribution >= 0.6 is 11.8 Å². The fourth-order valence-electron chi connectivity index (χ4n) is 3.49. The van der Waals surface area contributed by atoms with Crippen molar-refractivity contribution in [1.29, 1.82) is 0 Å². The van der Waals surface area contributed by atoms with Gasteiger partial charge in [-0.15, -0.1) is 10.2 Å². The standard InChI is InChI=1S/C23H26N6OS/c1-3-29-22(17-10-5-4-9-16(17)2)27-28-23(29)31-15-21(30)24-14-8-13-20-25-18-11-6-7-12-19(18)26-20/h4-7,9-12H,3,8,13-15H2,1-2H3,(H,24,30)(H,25,26). The van der Waals surface area contributed by atoms with Crippen LogP contribution in [0.15, 0.2) is 53.7 Å². The van der Waals surface area contributed by atoms with Crippen molar-refractivity contribution < 1.29 is 4.79 Å². The number of thioether (sulfide) groups is 1. The molecule has 0 radical (unpaired) electrons. The third kappa shape index (κ3) is 4.96. The zero-order valence-electron chi connectivity index (χ0n) is 17.8. The minimum atomic E-state index is -0.00213. The highest BCUT2D eigenvalue weighted by Crippen LogP contribution is 2.26. The van der Waals surface area contributed by atoms with Crippen LogP contribution in [-0.2, 0) is 17.8 Å². The fraction of sp³-hybridized carbons (Fsp3) is 0.304. The van der Waals surface area contributed by atoms with E-state index in [1.165, 1.54) is 11.8 Å². The average Bonchev–Trinajstić information content (AvgIpc) is 3.38. The third-order valence-electron chi connectivity index (χ3n) is 5.10. The quantitative estimate of drug-likeness (QED) is 0.307. The summed E-state index contributed by atoms with van der Waals surface area (Å²) >= 11 is 1.42. The first-order valence-corrected chi connectivity index (χ1v) is 11.5. The first kappa shape index (κ1) is 21.1. The molecule has 31 heavy (non-hydrogen) atoms. The van der Waals surface area contributed by atoms with E-state index in [2.05, 4.69) is 56.0 Å². The molecule has 0 atom stereocenters. The summed E-state index contributed by atoms with van der Waals surface area (Å²) in [7, 11) is 0. The van der Waals surface area contributed by atoms with Gasteiger partial charge in [-0.05, 0) is 38.0 Å². The van der Waals surface area contributed by atoms with Crippen molar-refractivity contribution in [2.75, 3.05) is 12.3 Å². The fourth-order valence-corrected chi connectivity index (χ4v) is 4.32. The Balaban J connectivity index is 1.26. The molecule has 2 heterocycles. The number of imidazole rings is 1. The van der Waals surface area contributed by atoms with Crippen molar-refractivity contribution in [2.45, 2.75) is 38.4 Å². The molecule has 0 fully saturated rings. The van der Waals surface area contributed by atoms with Crippen LogP contribution in [0.4, 0.5) is 0 Å². The second kappa shape index (κ2) is 9.78. The Kier molecular flexibility index (Phi) is 6.66. The molecule has 4 rings (SSSR count). The first-order chi connectivity index (χ1) is 15.2. The average molecular weight is 435 g/mol. The molecule has 0 aliphatic carbocycles. The molecule has 0 bridgehead atoms. The lowest BCUT2D eigenvalue weighted by molar-refractivity contribution is -0.118. The topological polar surface area (TPSA) is 88.5 Å². The smallest absolute Gasteiger partial charge is 0.230 e. The van der Waals surface area contributed by atoms with Gasteiger partial charge in [0, 0.05) is 25.1 Å². The highest BCUT2D eigenvalue weighted by Gasteiger charge is 2.15. The number of hydrogen-bond acceptors (Lipinski definition) is 5. The second-order valence-corrected chi connectivity index (χ2v) is 8.25. The van der Waals surface area contributed by atoms with Gasteiger partial charge in [0.1, 0.15) is 5.82 Å². The van der Waals surface area contributed by atoms with Crippen LogP contribution in [0.5, 0.6) is 0 Å². The van der Waals surface area contributed by atoms with E-state index in [0.29, 0.717) is 12.3 Å². The number of nitrogens with zero attached hydrogens (tertiary/aromatic N) is 4.